The summed E-state index contributed by atoms with van der Waals surface area (Å²) in [5.41, 5.74) is 4.47. The summed E-state index contributed by atoms with van der Waals surface area (Å²) in [6, 6.07) is 10.6. The first-order chi connectivity index (χ1) is 8.63. The second kappa shape index (κ2) is 5.32. The van der Waals surface area contributed by atoms with Gasteiger partial charge >= 0.3 is 0 Å². The third kappa shape index (κ3) is 2.44. The Hall–Kier alpha value is -1.67. The van der Waals surface area contributed by atoms with E-state index in [4.69, 9.17) is 4.98 Å². The molecule has 1 aromatic heterocycles. The van der Waals surface area contributed by atoms with Gasteiger partial charge in [-0.05, 0) is 38.1 Å². The number of aromatic nitrogens is 1. The van der Waals surface area contributed by atoms with E-state index in [-0.39, 0.29) is 6.04 Å². The molecule has 0 aliphatic rings. The van der Waals surface area contributed by atoms with E-state index in [1.807, 2.05) is 13.0 Å². The molecule has 0 saturated heterocycles. The van der Waals surface area contributed by atoms with Crippen LogP contribution in [0.25, 0.3) is 10.9 Å². The van der Waals surface area contributed by atoms with E-state index in [0.29, 0.717) is 0 Å². The van der Waals surface area contributed by atoms with Crippen molar-refractivity contribution < 1.29 is 0 Å². The molecule has 0 aliphatic heterocycles. The predicted molar refractivity (Wildman–Crippen MR) is 77.7 cm³/mol. The van der Waals surface area contributed by atoms with Gasteiger partial charge in [-0.2, -0.15) is 0 Å². The number of aryl methyl sites for hydroxylation is 1. The van der Waals surface area contributed by atoms with Crippen molar-refractivity contribution in [2.45, 2.75) is 26.8 Å². The molecule has 0 aliphatic carbocycles. The molecule has 1 atom stereocenters. The first-order valence-electron chi connectivity index (χ1n) is 6.38. The molecule has 1 heterocycles. The van der Waals surface area contributed by atoms with Crippen LogP contribution in [0.4, 0.5) is 0 Å². The van der Waals surface area contributed by atoms with Crippen molar-refractivity contribution in [2.24, 2.45) is 0 Å². The number of nitrogens with zero attached hydrogens (tertiary/aromatic N) is 1. The number of hydrogen-bond acceptors (Lipinski definition) is 2. The van der Waals surface area contributed by atoms with Gasteiger partial charge < -0.3 is 5.32 Å². The van der Waals surface area contributed by atoms with Gasteiger partial charge in [0.05, 0.1) is 17.3 Å². The standard InChI is InChI=1S/C16H20N2/c1-5-17-16(11(2)3)15-10-12(4)13-8-6-7-9-14(13)18-15/h6-10,16-17H,2,5H2,1,3-4H3. The Kier molecular flexibility index (Phi) is 3.78. The minimum atomic E-state index is 0.137. The summed E-state index contributed by atoms with van der Waals surface area (Å²) in [6.45, 7) is 11.2. The summed E-state index contributed by atoms with van der Waals surface area (Å²) in [5, 5.41) is 4.65. The summed E-state index contributed by atoms with van der Waals surface area (Å²) >= 11 is 0. The molecule has 0 spiro atoms. The van der Waals surface area contributed by atoms with Gasteiger partial charge in [-0.15, -0.1) is 0 Å². The van der Waals surface area contributed by atoms with Gasteiger partial charge in [-0.3, -0.25) is 4.98 Å². The lowest BCUT2D eigenvalue weighted by Gasteiger charge is -2.18. The highest BCUT2D eigenvalue weighted by atomic mass is 14.9. The highest BCUT2D eigenvalue weighted by Crippen LogP contribution is 2.24. The maximum atomic E-state index is 4.75. The van der Waals surface area contributed by atoms with Crippen LogP contribution in [0.5, 0.6) is 0 Å². The van der Waals surface area contributed by atoms with Crippen molar-refractivity contribution >= 4 is 10.9 Å². The van der Waals surface area contributed by atoms with Crippen LogP contribution in [-0.2, 0) is 0 Å². The molecule has 0 radical (unpaired) electrons. The van der Waals surface area contributed by atoms with E-state index >= 15 is 0 Å². The Morgan fingerprint density at radius 2 is 2.11 bits per heavy atom. The van der Waals surface area contributed by atoms with Crippen LogP contribution in [0.15, 0.2) is 42.5 Å². The number of nitrogens with one attached hydrogen (secondary N) is 1. The molecule has 1 N–H and O–H groups in total. The SMILES string of the molecule is C=C(C)C(NCC)c1cc(C)c2ccccc2n1. The van der Waals surface area contributed by atoms with Crippen molar-refractivity contribution in [2.75, 3.05) is 6.54 Å². The molecule has 94 valence electrons. The van der Waals surface area contributed by atoms with Crippen LogP contribution in [0.2, 0.25) is 0 Å². The van der Waals surface area contributed by atoms with Crippen molar-refractivity contribution in [3.05, 3.63) is 53.7 Å². The third-order valence-electron chi connectivity index (χ3n) is 3.14. The zero-order valence-corrected chi connectivity index (χ0v) is 11.3. The molecule has 0 saturated carbocycles. The summed E-state index contributed by atoms with van der Waals surface area (Å²) in [7, 11) is 0. The Morgan fingerprint density at radius 1 is 1.39 bits per heavy atom. The molecular weight excluding hydrogens is 220 g/mol. The number of rotatable bonds is 4. The smallest absolute Gasteiger partial charge is 0.0708 e. The fraction of sp³-hybridized carbons (Fsp3) is 0.312. The number of hydrogen-bond donors (Lipinski definition) is 1. The molecule has 2 aromatic rings. The molecule has 2 rings (SSSR count). The molecule has 0 amide bonds. The van der Waals surface area contributed by atoms with Crippen molar-refractivity contribution in [3.8, 4) is 0 Å². The van der Waals surface area contributed by atoms with E-state index < -0.39 is 0 Å². The van der Waals surface area contributed by atoms with E-state index in [0.717, 1.165) is 23.3 Å². The molecular formula is C16H20N2. The van der Waals surface area contributed by atoms with Gasteiger partial charge in [0.2, 0.25) is 0 Å². The number of benzene rings is 1. The summed E-state index contributed by atoms with van der Waals surface area (Å²) in [5.74, 6) is 0. The highest BCUT2D eigenvalue weighted by Gasteiger charge is 2.13. The van der Waals surface area contributed by atoms with Crippen LogP contribution in [0, 0.1) is 6.92 Å². The molecule has 1 aromatic carbocycles. The van der Waals surface area contributed by atoms with Crippen LogP contribution >= 0.6 is 0 Å². The monoisotopic (exact) mass is 240 g/mol. The van der Waals surface area contributed by atoms with Crippen molar-refractivity contribution in [3.63, 3.8) is 0 Å². The van der Waals surface area contributed by atoms with Crippen LogP contribution in [0.3, 0.4) is 0 Å². The first kappa shape index (κ1) is 12.8. The van der Waals surface area contributed by atoms with Crippen LogP contribution < -0.4 is 5.32 Å². The quantitative estimate of drug-likeness (QED) is 0.823. The maximum absolute atomic E-state index is 4.75. The zero-order valence-electron chi connectivity index (χ0n) is 11.3. The Bertz CT molecular complexity index is 572. The summed E-state index contributed by atoms with van der Waals surface area (Å²) < 4.78 is 0. The fourth-order valence-electron chi connectivity index (χ4n) is 2.26. The average Bonchev–Trinajstić information content (AvgIpc) is 2.35. The lowest BCUT2D eigenvalue weighted by molar-refractivity contribution is 0.608. The number of likely N-dealkylation sites (N-methyl/N-ethyl adjacent to an activating group) is 1. The fourth-order valence-corrected chi connectivity index (χ4v) is 2.26. The Labute approximate surface area is 109 Å². The Balaban J connectivity index is 2.54. The minimum Gasteiger partial charge on any atom is -0.306 e. The van der Waals surface area contributed by atoms with E-state index in [2.05, 4.69) is 50.0 Å². The maximum Gasteiger partial charge on any atom is 0.0708 e. The lowest BCUT2D eigenvalue weighted by atomic mass is 10.0. The minimum absolute atomic E-state index is 0.137. The number of fused-ring (bicyclic) bond motifs is 1. The largest absolute Gasteiger partial charge is 0.306 e. The van der Waals surface area contributed by atoms with E-state index in [9.17, 15) is 0 Å². The van der Waals surface area contributed by atoms with Gasteiger partial charge in [-0.1, -0.05) is 37.3 Å². The zero-order chi connectivity index (χ0) is 13.1. The summed E-state index contributed by atoms with van der Waals surface area (Å²) in [6.07, 6.45) is 0. The molecule has 0 bridgehead atoms. The molecule has 2 nitrogen and oxygen atoms in total. The van der Waals surface area contributed by atoms with Crippen molar-refractivity contribution in [1.82, 2.24) is 10.3 Å². The molecule has 2 heteroatoms. The van der Waals surface area contributed by atoms with Gasteiger partial charge in [-0.25, -0.2) is 0 Å². The van der Waals surface area contributed by atoms with Gasteiger partial charge in [0, 0.05) is 5.39 Å². The summed E-state index contributed by atoms with van der Waals surface area (Å²) in [4.78, 5) is 4.75. The Morgan fingerprint density at radius 3 is 2.78 bits per heavy atom. The second-order valence-corrected chi connectivity index (χ2v) is 4.72. The highest BCUT2D eigenvalue weighted by molar-refractivity contribution is 5.82. The van der Waals surface area contributed by atoms with Gasteiger partial charge in [0.25, 0.3) is 0 Å². The van der Waals surface area contributed by atoms with E-state index in [1.165, 1.54) is 10.9 Å². The molecule has 0 fully saturated rings. The third-order valence-corrected chi connectivity index (χ3v) is 3.14. The van der Waals surface area contributed by atoms with E-state index in [1.54, 1.807) is 0 Å². The lowest BCUT2D eigenvalue weighted by Crippen LogP contribution is -2.22. The topological polar surface area (TPSA) is 24.9 Å². The normalized spacial score (nSPS) is 12.6. The molecule has 1 unspecified atom stereocenters. The average molecular weight is 240 g/mol. The van der Waals surface area contributed by atoms with Crippen molar-refractivity contribution in [1.29, 1.82) is 0 Å². The van der Waals surface area contributed by atoms with Crippen LogP contribution in [0.1, 0.15) is 31.1 Å². The predicted octanol–water partition coefficient (Wildman–Crippen LogP) is 3.77. The second-order valence-electron chi connectivity index (χ2n) is 4.72. The van der Waals surface area contributed by atoms with Gasteiger partial charge in [0.1, 0.15) is 0 Å². The van der Waals surface area contributed by atoms with Crippen LogP contribution in [-0.4, -0.2) is 11.5 Å². The number of pyridine rings is 1. The first-order valence-corrected chi connectivity index (χ1v) is 6.38. The molecule has 18 heavy (non-hydrogen) atoms. The number of para-hydroxylation sites is 1. The van der Waals surface area contributed by atoms with Gasteiger partial charge in [0.15, 0.2) is 0 Å².